The van der Waals surface area contributed by atoms with Crippen molar-refractivity contribution in [2.45, 2.75) is 4.90 Å². The summed E-state index contributed by atoms with van der Waals surface area (Å²) in [6, 6.07) is 13.2. The Morgan fingerprint density at radius 1 is 1.09 bits per heavy atom. The molecule has 3 aromatic rings. The summed E-state index contributed by atoms with van der Waals surface area (Å²) in [6.07, 6.45) is 0. The fraction of sp³-hybridized carbons (Fsp3) is 0.190. The molecule has 0 spiro atoms. The number of ether oxygens (including phenoxy) is 1. The van der Waals surface area contributed by atoms with Gasteiger partial charge in [0.05, 0.1) is 33.7 Å². The lowest BCUT2D eigenvalue weighted by Gasteiger charge is -2.26. The molecule has 0 radical (unpaired) electrons. The van der Waals surface area contributed by atoms with Gasteiger partial charge in [0.2, 0.25) is 10.0 Å². The molecule has 0 saturated carbocycles. The molecular weight excluding hydrogens is 557 g/mol. The summed E-state index contributed by atoms with van der Waals surface area (Å²) in [5, 5.41) is 3.28. The van der Waals surface area contributed by atoms with Crippen molar-refractivity contribution in [1.29, 1.82) is 0 Å². The zero-order chi connectivity index (χ0) is 25.2. The van der Waals surface area contributed by atoms with E-state index in [1.807, 2.05) is 0 Å². The van der Waals surface area contributed by atoms with Crippen molar-refractivity contribution >= 4 is 78.1 Å². The van der Waals surface area contributed by atoms with Crippen LogP contribution in [0.1, 0.15) is 10.4 Å². The molecule has 1 aromatic heterocycles. The summed E-state index contributed by atoms with van der Waals surface area (Å²) in [5.41, 5.74) is 0.505. The maximum absolute atomic E-state index is 13.1. The highest BCUT2D eigenvalue weighted by Gasteiger charge is 2.27. The predicted molar refractivity (Wildman–Crippen MR) is 138 cm³/mol. The van der Waals surface area contributed by atoms with Gasteiger partial charge in [-0.05, 0) is 54.6 Å². The molecule has 1 amide bonds. The summed E-state index contributed by atoms with van der Waals surface area (Å²) in [7, 11) is -3.68. The van der Waals surface area contributed by atoms with Crippen molar-refractivity contribution in [3.05, 3.63) is 69.5 Å². The number of nitrogens with zero attached hydrogens (tertiary/aromatic N) is 2. The summed E-state index contributed by atoms with van der Waals surface area (Å²) >= 11 is 10.7. The molecule has 1 atom stereocenters. The molecule has 1 unspecified atom stereocenters. The fourth-order valence-electron chi connectivity index (χ4n) is 3.41. The summed E-state index contributed by atoms with van der Waals surface area (Å²) in [5.74, 6) is -0.607. The summed E-state index contributed by atoms with van der Waals surface area (Å²) in [4.78, 5) is 13.2. The van der Waals surface area contributed by atoms with Crippen LogP contribution in [0.4, 0.5) is 16.4 Å². The molecule has 14 heteroatoms. The van der Waals surface area contributed by atoms with Crippen LogP contribution < -0.4 is 9.62 Å². The van der Waals surface area contributed by atoms with Gasteiger partial charge in [0.25, 0.3) is 17.2 Å². The van der Waals surface area contributed by atoms with Gasteiger partial charge in [0.15, 0.2) is 0 Å². The molecule has 4 rings (SSSR count). The second kappa shape index (κ2) is 10.9. The third kappa shape index (κ3) is 5.87. The number of carbonyl (C=O) groups is 1. The van der Waals surface area contributed by atoms with Crippen LogP contribution in [0.25, 0.3) is 0 Å². The highest BCUT2D eigenvalue weighted by Crippen LogP contribution is 2.38. The number of morpholine rings is 1. The number of benzene rings is 2. The second-order valence-electron chi connectivity index (χ2n) is 7.26. The number of anilines is 3. The minimum atomic E-state index is -3.68. The van der Waals surface area contributed by atoms with Crippen LogP contribution >= 0.6 is 34.5 Å². The van der Waals surface area contributed by atoms with Gasteiger partial charge in [0, 0.05) is 23.8 Å². The quantitative estimate of drug-likeness (QED) is 0.397. The van der Waals surface area contributed by atoms with Crippen LogP contribution in [0.2, 0.25) is 9.36 Å². The average Bonchev–Trinajstić information content (AvgIpc) is 3.26. The Balaban J connectivity index is 1.60. The number of nitrogens with one attached hydrogen (secondary N) is 1. The van der Waals surface area contributed by atoms with Gasteiger partial charge >= 0.3 is 0 Å². The first-order chi connectivity index (χ1) is 16.7. The van der Waals surface area contributed by atoms with E-state index in [1.54, 1.807) is 12.1 Å². The first-order valence-corrected chi connectivity index (χ1v) is 14.2. The van der Waals surface area contributed by atoms with Crippen LogP contribution in [0.15, 0.2) is 59.5 Å². The minimum Gasteiger partial charge on any atom is -0.379 e. The molecule has 35 heavy (non-hydrogen) atoms. The number of sulfonamides is 1. The number of carbonyl (C=O) groups excluding carboxylic acids is 1. The van der Waals surface area contributed by atoms with E-state index in [1.165, 1.54) is 46.8 Å². The zero-order valence-electron chi connectivity index (χ0n) is 17.9. The number of halogens is 2. The lowest BCUT2D eigenvalue weighted by molar-refractivity contribution is 0.0730. The topological polar surface area (TPSA) is 116 Å². The maximum Gasteiger partial charge on any atom is 0.267 e. The van der Waals surface area contributed by atoms with E-state index in [2.05, 4.69) is 5.32 Å². The van der Waals surface area contributed by atoms with E-state index in [9.17, 15) is 22.0 Å². The van der Waals surface area contributed by atoms with E-state index in [4.69, 9.17) is 27.9 Å². The van der Waals surface area contributed by atoms with Gasteiger partial charge in [0.1, 0.15) is 5.00 Å². The largest absolute Gasteiger partial charge is 0.379 e. The number of hydrogen-bond donors (Lipinski definition) is 2. The number of amides is 1. The molecule has 186 valence electrons. The number of thiophene rings is 1. The molecule has 2 heterocycles. The highest BCUT2D eigenvalue weighted by molar-refractivity contribution is 7.89. The fourth-order valence-corrected chi connectivity index (χ4v) is 6.78. The van der Waals surface area contributed by atoms with E-state index < -0.39 is 27.2 Å². The molecule has 2 N–H and O–H groups in total. The SMILES string of the molecule is O=C(Nc1ccc(S(=O)(=O)N2CCOCC2)cc1)c1cc(Cl)ccc1N(c1ccc(Cl)s1)S(=O)O. The average molecular weight is 577 g/mol. The van der Waals surface area contributed by atoms with Crippen molar-refractivity contribution in [3.63, 3.8) is 0 Å². The van der Waals surface area contributed by atoms with E-state index in [0.717, 1.165) is 15.6 Å². The normalized spacial score (nSPS) is 15.5. The molecule has 1 saturated heterocycles. The van der Waals surface area contributed by atoms with Gasteiger partial charge in [-0.3, -0.25) is 9.35 Å². The third-order valence-corrected chi connectivity index (χ3v) is 9.24. The Morgan fingerprint density at radius 2 is 1.77 bits per heavy atom. The van der Waals surface area contributed by atoms with Crippen LogP contribution in [0, 0.1) is 0 Å². The Morgan fingerprint density at radius 3 is 2.37 bits per heavy atom. The summed E-state index contributed by atoms with van der Waals surface area (Å²) in [6.45, 7) is 1.22. The van der Waals surface area contributed by atoms with E-state index in [-0.39, 0.29) is 34.3 Å². The molecular formula is C21H19Cl2N3O6S3. The van der Waals surface area contributed by atoms with Crippen LogP contribution in [0.5, 0.6) is 0 Å². The van der Waals surface area contributed by atoms with Gasteiger partial charge in [-0.2, -0.15) is 4.31 Å². The molecule has 0 bridgehead atoms. The van der Waals surface area contributed by atoms with Crippen LogP contribution in [0.3, 0.4) is 0 Å². The predicted octanol–water partition coefficient (Wildman–Crippen LogP) is 4.60. The smallest absolute Gasteiger partial charge is 0.267 e. The molecule has 1 fully saturated rings. The van der Waals surface area contributed by atoms with Gasteiger partial charge < -0.3 is 10.1 Å². The van der Waals surface area contributed by atoms with Crippen LogP contribution in [-0.4, -0.2) is 53.7 Å². The maximum atomic E-state index is 13.1. The van der Waals surface area contributed by atoms with Gasteiger partial charge in [-0.25, -0.2) is 16.9 Å². The lowest BCUT2D eigenvalue weighted by Crippen LogP contribution is -2.40. The Hall–Kier alpha value is -2.03. The summed E-state index contributed by atoms with van der Waals surface area (Å²) < 4.78 is 55.7. The zero-order valence-corrected chi connectivity index (χ0v) is 21.8. The first kappa shape index (κ1) is 26.0. The Bertz CT molecular complexity index is 1360. The van der Waals surface area contributed by atoms with Gasteiger partial charge in [-0.1, -0.05) is 23.2 Å². The first-order valence-electron chi connectivity index (χ1n) is 10.1. The van der Waals surface area contributed by atoms with Crippen molar-refractivity contribution in [1.82, 2.24) is 4.31 Å². The number of hydrogen-bond acceptors (Lipinski definition) is 6. The van der Waals surface area contributed by atoms with Crippen molar-refractivity contribution in [3.8, 4) is 0 Å². The standard InChI is InChI=1S/C21H19Cl2N3O6S3/c22-14-1-6-18(26(34(28)29)20-8-7-19(23)33-20)17(13-14)21(27)24-15-2-4-16(5-3-15)35(30,31)25-9-11-32-12-10-25/h1-8,13H,9-12H2,(H,24,27)(H,28,29). The molecule has 1 aliphatic rings. The lowest BCUT2D eigenvalue weighted by atomic mass is 10.1. The Kier molecular flexibility index (Phi) is 8.13. The highest BCUT2D eigenvalue weighted by atomic mass is 35.5. The van der Waals surface area contributed by atoms with Gasteiger partial charge in [-0.15, -0.1) is 11.3 Å². The molecule has 0 aliphatic carbocycles. The third-order valence-electron chi connectivity index (χ3n) is 5.06. The number of rotatable bonds is 7. The molecule has 1 aliphatic heterocycles. The molecule has 2 aromatic carbocycles. The van der Waals surface area contributed by atoms with Crippen molar-refractivity contribution < 1.29 is 26.7 Å². The Labute approximate surface area is 218 Å². The van der Waals surface area contributed by atoms with E-state index >= 15 is 0 Å². The molecule has 9 nitrogen and oxygen atoms in total. The second-order valence-corrected chi connectivity index (χ2v) is 12.2. The van der Waals surface area contributed by atoms with E-state index in [0.29, 0.717) is 28.2 Å². The minimum absolute atomic E-state index is 0.0365. The van der Waals surface area contributed by atoms with Crippen molar-refractivity contribution in [2.24, 2.45) is 0 Å². The monoisotopic (exact) mass is 575 g/mol. The van der Waals surface area contributed by atoms with Crippen molar-refractivity contribution in [2.75, 3.05) is 35.9 Å². The van der Waals surface area contributed by atoms with Crippen LogP contribution in [-0.2, 0) is 26.0 Å².